The van der Waals surface area contributed by atoms with Gasteiger partial charge in [-0.1, -0.05) is 0 Å². The molecule has 162 valence electrons. The van der Waals surface area contributed by atoms with Crippen molar-refractivity contribution in [3.63, 3.8) is 0 Å². The molecule has 1 aliphatic heterocycles. The lowest BCUT2D eigenvalue weighted by Crippen LogP contribution is -2.21. The summed E-state index contributed by atoms with van der Waals surface area (Å²) in [6, 6.07) is 14.4. The van der Waals surface area contributed by atoms with E-state index in [-0.39, 0.29) is 11.9 Å². The fourth-order valence-corrected chi connectivity index (χ4v) is 5.66. The van der Waals surface area contributed by atoms with Crippen molar-refractivity contribution in [2.45, 2.75) is 19.9 Å². The second-order valence-electron chi connectivity index (χ2n) is 7.66. The number of fused-ring (bicyclic) bond motifs is 1. The van der Waals surface area contributed by atoms with Crippen LogP contribution in [0.1, 0.15) is 44.2 Å². The summed E-state index contributed by atoms with van der Waals surface area (Å²) in [5.41, 5.74) is 3.02. The third-order valence-electron chi connectivity index (χ3n) is 5.48. The average Bonchev–Trinajstić information content (AvgIpc) is 3.55. The van der Waals surface area contributed by atoms with Crippen LogP contribution >= 0.6 is 22.7 Å². The van der Waals surface area contributed by atoms with Crippen molar-refractivity contribution in [2.24, 2.45) is 4.99 Å². The Morgan fingerprint density at radius 3 is 2.73 bits per heavy atom. The first-order valence-electron chi connectivity index (χ1n) is 10.2. The topological polar surface area (TPSA) is 69.3 Å². The molecule has 4 aromatic rings. The predicted octanol–water partition coefficient (Wildman–Crippen LogP) is 6.66. The van der Waals surface area contributed by atoms with E-state index >= 15 is 0 Å². The van der Waals surface area contributed by atoms with Crippen molar-refractivity contribution in [1.29, 1.82) is 5.26 Å². The van der Waals surface area contributed by atoms with Gasteiger partial charge in [0.15, 0.2) is 0 Å². The zero-order valence-corrected chi connectivity index (χ0v) is 19.4. The van der Waals surface area contributed by atoms with E-state index < -0.39 is 5.82 Å². The first kappa shape index (κ1) is 21.2. The molecule has 0 aliphatic carbocycles. The predicted molar refractivity (Wildman–Crippen MR) is 130 cm³/mol. The Morgan fingerprint density at radius 1 is 1.18 bits per heavy atom. The van der Waals surface area contributed by atoms with Gasteiger partial charge in [0.25, 0.3) is 5.91 Å². The molecule has 0 saturated carbocycles. The van der Waals surface area contributed by atoms with Crippen LogP contribution in [0.3, 0.4) is 0 Å². The maximum absolute atomic E-state index is 14.2. The van der Waals surface area contributed by atoms with Crippen LogP contribution in [0.5, 0.6) is 0 Å². The molecule has 1 unspecified atom stereocenters. The molecule has 1 aromatic carbocycles. The third-order valence-corrected chi connectivity index (χ3v) is 7.62. The number of anilines is 2. The summed E-state index contributed by atoms with van der Waals surface area (Å²) in [6.45, 7) is 4.13. The van der Waals surface area contributed by atoms with Gasteiger partial charge < -0.3 is 4.90 Å². The normalized spacial score (nSPS) is 13.1. The molecule has 1 amide bonds. The van der Waals surface area contributed by atoms with Crippen molar-refractivity contribution in [2.75, 3.05) is 4.90 Å². The molecular weight excluding hydrogens is 455 g/mol. The Kier molecular flexibility index (Phi) is 5.36. The molecule has 1 aliphatic rings. The molecule has 0 bridgehead atoms. The van der Waals surface area contributed by atoms with Crippen LogP contribution in [0.2, 0.25) is 0 Å². The van der Waals surface area contributed by atoms with Gasteiger partial charge in [0.2, 0.25) is 0 Å². The van der Waals surface area contributed by atoms with E-state index in [1.165, 1.54) is 34.6 Å². The maximum atomic E-state index is 14.2. The lowest BCUT2D eigenvalue weighted by atomic mass is 10.0. The van der Waals surface area contributed by atoms with E-state index in [2.05, 4.69) is 46.2 Å². The van der Waals surface area contributed by atoms with Gasteiger partial charge in [0.05, 0.1) is 22.9 Å². The van der Waals surface area contributed by atoms with Gasteiger partial charge in [-0.05, 0) is 56.3 Å². The fraction of sp³-hybridized carbons (Fsp3) is 0.120. The number of carbonyl (C=O) groups excluding carboxylic acids is 1. The summed E-state index contributed by atoms with van der Waals surface area (Å²) < 4.78 is 14.2. The van der Waals surface area contributed by atoms with Crippen LogP contribution in [-0.4, -0.2) is 17.1 Å². The molecule has 3 aromatic heterocycles. The van der Waals surface area contributed by atoms with Gasteiger partial charge in [0, 0.05) is 43.5 Å². The molecule has 0 fully saturated rings. The molecule has 0 saturated heterocycles. The zero-order valence-electron chi connectivity index (χ0n) is 17.7. The number of amides is 1. The third kappa shape index (κ3) is 3.86. The number of nitrogens with zero attached hydrogens (tertiary/aromatic N) is 4. The van der Waals surface area contributed by atoms with Crippen LogP contribution < -0.4 is 4.90 Å². The molecule has 33 heavy (non-hydrogen) atoms. The van der Waals surface area contributed by atoms with Gasteiger partial charge in [-0.2, -0.15) is 5.26 Å². The van der Waals surface area contributed by atoms with E-state index in [4.69, 9.17) is 5.26 Å². The number of carbonyl (C=O) groups is 1. The first-order valence-corrected chi connectivity index (χ1v) is 11.9. The van der Waals surface area contributed by atoms with Crippen molar-refractivity contribution in [3.05, 3.63) is 86.3 Å². The molecule has 0 radical (unpaired) electrons. The molecule has 8 heteroatoms. The number of aliphatic imine (C=N–C) groups is 1. The highest BCUT2D eigenvalue weighted by atomic mass is 32.1. The van der Waals surface area contributed by atoms with Gasteiger partial charge in [-0.25, -0.2) is 14.4 Å². The van der Waals surface area contributed by atoms with E-state index in [0.29, 0.717) is 22.3 Å². The minimum atomic E-state index is -0.398. The van der Waals surface area contributed by atoms with Gasteiger partial charge in [-0.15, -0.1) is 22.7 Å². The number of nitriles is 1. The minimum Gasteiger partial charge on any atom is -0.318 e. The Bertz CT molecular complexity index is 1450. The van der Waals surface area contributed by atoms with Crippen LogP contribution in [0, 0.1) is 24.1 Å². The summed E-state index contributed by atoms with van der Waals surface area (Å²) in [6.07, 6.45) is 2.98. The van der Waals surface area contributed by atoms with Crippen molar-refractivity contribution in [1.82, 2.24) is 4.98 Å². The van der Waals surface area contributed by atoms with E-state index in [0.717, 1.165) is 21.3 Å². The SMILES string of the molecule is Cc1cc(N(c2ccc(C#N)cn2)C(C)c2ccc(-c3cc(F)cc4c3C(=O)N=C4)s2)cs1. The molecular formula is C25H17FN4OS2. The summed E-state index contributed by atoms with van der Waals surface area (Å²) in [7, 11) is 0. The standard InChI is InChI=1S/C25H17FN4OS2/c1-14-7-19(13-32-14)30(23-6-3-16(10-27)11-28-23)15(2)21-4-5-22(33-21)20-9-18(26)8-17-12-29-25(31)24(17)20/h3-9,11-13,15H,1-2H3. The smallest absolute Gasteiger partial charge is 0.278 e. The second-order valence-corrected chi connectivity index (χ2v) is 9.89. The number of rotatable bonds is 5. The van der Waals surface area contributed by atoms with Crippen LogP contribution in [0.15, 0.2) is 59.0 Å². The number of aryl methyl sites for hydroxylation is 1. The van der Waals surface area contributed by atoms with Gasteiger partial charge >= 0.3 is 0 Å². The second kappa shape index (κ2) is 8.35. The lowest BCUT2D eigenvalue weighted by molar-refractivity contribution is 0.101. The molecule has 5 nitrogen and oxygen atoms in total. The number of benzene rings is 1. The average molecular weight is 473 g/mol. The molecule has 0 spiro atoms. The maximum Gasteiger partial charge on any atom is 0.278 e. The Hall–Kier alpha value is -3.67. The Labute approximate surface area is 198 Å². The van der Waals surface area contributed by atoms with E-state index in [9.17, 15) is 9.18 Å². The highest BCUT2D eigenvalue weighted by Crippen LogP contribution is 2.41. The fourth-order valence-electron chi connectivity index (χ4n) is 3.91. The molecule has 0 N–H and O–H groups in total. The van der Waals surface area contributed by atoms with Gasteiger partial charge in [-0.3, -0.25) is 4.79 Å². The molecule has 1 atom stereocenters. The summed E-state index contributed by atoms with van der Waals surface area (Å²) >= 11 is 3.16. The number of aromatic nitrogens is 1. The number of halogens is 1. The van der Waals surface area contributed by atoms with Crippen LogP contribution in [0.25, 0.3) is 10.4 Å². The highest BCUT2D eigenvalue weighted by Gasteiger charge is 2.26. The summed E-state index contributed by atoms with van der Waals surface area (Å²) in [5.74, 6) is -0.0188. The van der Waals surface area contributed by atoms with Crippen molar-refractivity contribution < 1.29 is 9.18 Å². The highest BCUT2D eigenvalue weighted by molar-refractivity contribution is 7.15. The quantitative estimate of drug-likeness (QED) is 0.326. The van der Waals surface area contributed by atoms with Gasteiger partial charge in [0.1, 0.15) is 17.7 Å². The monoisotopic (exact) mass is 472 g/mol. The van der Waals surface area contributed by atoms with Crippen molar-refractivity contribution >= 4 is 46.3 Å². The Balaban J connectivity index is 1.55. The zero-order chi connectivity index (χ0) is 23.1. The van der Waals surface area contributed by atoms with Crippen LogP contribution in [0.4, 0.5) is 15.9 Å². The molecule has 5 rings (SSSR count). The lowest BCUT2D eigenvalue weighted by Gasteiger charge is -2.29. The number of hydrogen-bond acceptors (Lipinski definition) is 6. The van der Waals surface area contributed by atoms with Crippen LogP contribution in [-0.2, 0) is 0 Å². The molecule has 4 heterocycles. The summed E-state index contributed by atoms with van der Waals surface area (Å²) in [5, 5.41) is 11.2. The number of thiophene rings is 2. The Morgan fingerprint density at radius 2 is 2.03 bits per heavy atom. The largest absolute Gasteiger partial charge is 0.318 e. The number of hydrogen-bond donors (Lipinski definition) is 0. The summed E-state index contributed by atoms with van der Waals surface area (Å²) in [4.78, 5) is 25.8. The van der Waals surface area contributed by atoms with Crippen molar-refractivity contribution in [3.8, 4) is 16.5 Å². The van der Waals surface area contributed by atoms with E-state index in [1.54, 1.807) is 23.6 Å². The first-order chi connectivity index (χ1) is 15.9. The minimum absolute atomic E-state index is 0.0910. The number of pyridine rings is 1. The van der Waals surface area contributed by atoms with E-state index in [1.807, 2.05) is 18.2 Å².